The molecule has 1 rings (SSSR count). The van der Waals surface area contributed by atoms with E-state index in [1.807, 2.05) is 0 Å². The first-order chi connectivity index (χ1) is 10.4. The molecular weight excluding hydrogens is 294 g/mol. The Morgan fingerprint density at radius 3 is 2.09 bits per heavy atom. The largest absolute Gasteiger partial charge is 0.374 e. The maximum atomic E-state index is 9.55. The number of hydrogen-bond acceptors (Lipinski definition) is 11. The lowest BCUT2D eigenvalue weighted by atomic mass is 10.6. The molecule has 0 saturated carbocycles. The number of hydrogen-bond donors (Lipinski definition) is 4. The van der Waals surface area contributed by atoms with Crippen molar-refractivity contribution in [3.8, 4) is 0 Å². The van der Waals surface area contributed by atoms with E-state index in [0.717, 1.165) is 5.01 Å². The number of anilines is 3. The van der Waals surface area contributed by atoms with E-state index >= 15 is 0 Å². The van der Waals surface area contributed by atoms with Crippen molar-refractivity contribution in [2.45, 2.75) is 26.3 Å². The third-order valence-electron chi connectivity index (χ3n) is 2.44. The molecule has 0 saturated heterocycles. The van der Waals surface area contributed by atoms with Crippen LogP contribution >= 0.6 is 0 Å². The van der Waals surface area contributed by atoms with Gasteiger partial charge in [-0.15, -0.1) is 0 Å². The van der Waals surface area contributed by atoms with Crippen LogP contribution in [0.2, 0.25) is 0 Å². The monoisotopic (exact) mass is 317 g/mol. The molecular formula is C11H23N7O4. The Balaban J connectivity index is 3.20. The van der Waals surface area contributed by atoms with Gasteiger partial charge in [-0.05, 0) is 13.8 Å². The minimum Gasteiger partial charge on any atom is -0.374 e. The maximum Gasteiger partial charge on any atom is 0.248 e. The van der Waals surface area contributed by atoms with Gasteiger partial charge in [0.05, 0.1) is 0 Å². The van der Waals surface area contributed by atoms with E-state index in [-0.39, 0.29) is 31.3 Å². The van der Waals surface area contributed by atoms with E-state index in [4.69, 9.17) is 15.3 Å². The fourth-order valence-corrected chi connectivity index (χ4v) is 1.49. The summed E-state index contributed by atoms with van der Waals surface area (Å²) in [6.45, 7) is 3.32. The second-order valence-electron chi connectivity index (χ2n) is 4.49. The van der Waals surface area contributed by atoms with Crippen LogP contribution < -0.4 is 21.1 Å². The van der Waals surface area contributed by atoms with Crippen molar-refractivity contribution in [3.05, 3.63) is 0 Å². The number of aromatic nitrogens is 3. The third-order valence-corrected chi connectivity index (χ3v) is 2.44. The van der Waals surface area contributed by atoms with Crippen molar-refractivity contribution in [1.82, 2.24) is 15.0 Å². The molecule has 0 aliphatic heterocycles. The Bertz CT molecular complexity index is 454. The van der Waals surface area contributed by atoms with Crippen LogP contribution in [0.15, 0.2) is 0 Å². The van der Waals surface area contributed by atoms with Crippen molar-refractivity contribution in [2.24, 2.45) is 5.84 Å². The summed E-state index contributed by atoms with van der Waals surface area (Å²) in [4.78, 5) is 13.9. The van der Waals surface area contributed by atoms with Gasteiger partial charge in [0.15, 0.2) is 0 Å². The van der Waals surface area contributed by atoms with Crippen molar-refractivity contribution in [3.63, 3.8) is 0 Å². The highest BCUT2D eigenvalue weighted by atomic mass is 16.5. The van der Waals surface area contributed by atoms with E-state index in [1.54, 1.807) is 4.90 Å². The molecule has 0 radical (unpaired) electrons. The zero-order valence-corrected chi connectivity index (χ0v) is 13.1. The van der Waals surface area contributed by atoms with E-state index in [2.05, 4.69) is 20.3 Å². The number of hydrazine groups is 1. The van der Waals surface area contributed by atoms with Gasteiger partial charge in [-0.1, -0.05) is 0 Å². The summed E-state index contributed by atoms with van der Waals surface area (Å²) in [5, 5.41) is 22.6. The summed E-state index contributed by atoms with van der Waals surface area (Å²) in [5.41, 5.74) is 0. The van der Waals surface area contributed by atoms with Crippen LogP contribution in [0.3, 0.4) is 0 Å². The Labute approximate surface area is 128 Å². The van der Waals surface area contributed by atoms with Crippen LogP contribution in [0, 0.1) is 0 Å². The van der Waals surface area contributed by atoms with Gasteiger partial charge in [0.25, 0.3) is 0 Å². The van der Waals surface area contributed by atoms with Crippen LogP contribution in [0.25, 0.3) is 0 Å². The van der Waals surface area contributed by atoms with Crippen LogP contribution in [0.4, 0.5) is 17.8 Å². The number of nitrogens with zero attached hydrogens (tertiary/aromatic N) is 5. The predicted octanol–water partition coefficient (Wildman–Crippen LogP) is -1.35. The quantitative estimate of drug-likeness (QED) is 0.244. The van der Waals surface area contributed by atoms with Gasteiger partial charge in [0.2, 0.25) is 17.8 Å². The van der Waals surface area contributed by atoms with Crippen LogP contribution in [-0.4, -0.2) is 65.3 Å². The summed E-state index contributed by atoms with van der Waals surface area (Å²) in [6.07, 6.45) is -1.88. The van der Waals surface area contributed by atoms with Crippen LogP contribution in [0.1, 0.15) is 13.8 Å². The molecule has 0 aliphatic rings. The highest BCUT2D eigenvalue weighted by Gasteiger charge is 2.18. The van der Waals surface area contributed by atoms with E-state index < -0.39 is 12.5 Å². The molecule has 0 aliphatic carbocycles. The molecule has 11 nitrogen and oxygen atoms in total. The van der Waals surface area contributed by atoms with Crippen molar-refractivity contribution in [2.75, 3.05) is 42.9 Å². The first-order valence-electron chi connectivity index (χ1n) is 6.54. The van der Waals surface area contributed by atoms with Gasteiger partial charge in [-0.25, -0.2) is 5.84 Å². The first-order valence-corrected chi connectivity index (χ1v) is 6.54. The molecule has 0 amide bonds. The van der Waals surface area contributed by atoms with Gasteiger partial charge >= 0.3 is 0 Å². The Kier molecular flexibility index (Phi) is 7.14. The average molecular weight is 317 g/mol. The lowest BCUT2D eigenvalue weighted by molar-refractivity contribution is 0.138. The molecule has 0 aromatic carbocycles. The lowest BCUT2D eigenvalue weighted by Crippen LogP contribution is -2.41. The smallest absolute Gasteiger partial charge is 0.248 e. The average Bonchev–Trinajstić information content (AvgIpc) is 2.45. The standard InChI is InChI=1S/C11H23N7O4/c1-7(19)13-9-14-10(17(5-21-3)6-22-4)16-11(15-9)18(12)8(2)20/h7-8,19-20H,5-6,12H2,1-4H3,(H,13,14,15,16). The normalized spacial score (nSPS) is 13.6. The molecule has 2 atom stereocenters. The topological polar surface area (TPSA) is 142 Å². The van der Waals surface area contributed by atoms with Crippen LogP contribution in [-0.2, 0) is 9.47 Å². The van der Waals surface area contributed by atoms with Gasteiger partial charge in [-0.3, -0.25) is 9.91 Å². The molecule has 0 bridgehead atoms. The summed E-state index contributed by atoms with van der Waals surface area (Å²) < 4.78 is 10.1. The highest BCUT2D eigenvalue weighted by Crippen LogP contribution is 2.16. The molecule has 126 valence electrons. The number of nitrogens with two attached hydrogens (primary N) is 1. The maximum absolute atomic E-state index is 9.55. The molecule has 22 heavy (non-hydrogen) atoms. The molecule has 1 aromatic heterocycles. The predicted molar refractivity (Wildman–Crippen MR) is 79.7 cm³/mol. The third kappa shape index (κ3) is 5.20. The number of aliphatic hydroxyl groups is 2. The molecule has 5 N–H and O–H groups in total. The second kappa shape index (κ2) is 8.60. The number of methoxy groups -OCH3 is 2. The zero-order valence-electron chi connectivity index (χ0n) is 13.1. The molecule has 0 fully saturated rings. The summed E-state index contributed by atoms with van der Waals surface area (Å²) in [7, 11) is 3.04. The van der Waals surface area contributed by atoms with Gasteiger partial charge in [0.1, 0.15) is 25.9 Å². The van der Waals surface area contributed by atoms with E-state index in [9.17, 15) is 10.2 Å². The summed E-state index contributed by atoms with van der Waals surface area (Å²) >= 11 is 0. The van der Waals surface area contributed by atoms with Crippen molar-refractivity contribution in [1.29, 1.82) is 0 Å². The summed E-state index contributed by atoms with van der Waals surface area (Å²) in [5.74, 6) is 6.06. The van der Waals surface area contributed by atoms with Crippen molar-refractivity contribution >= 4 is 17.8 Å². The SMILES string of the molecule is COCN(COC)c1nc(NC(C)O)nc(N(N)C(C)O)n1. The lowest BCUT2D eigenvalue weighted by Gasteiger charge is -2.24. The van der Waals surface area contributed by atoms with Gasteiger partial charge < -0.3 is 25.0 Å². The molecule has 11 heteroatoms. The summed E-state index contributed by atoms with van der Waals surface area (Å²) in [6, 6.07) is 0. The van der Waals surface area contributed by atoms with Gasteiger partial charge in [-0.2, -0.15) is 15.0 Å². The molecule has 1 aromatic rings. The Morgan fingerprint density at radius 2 is 1.64 bits per heavy atom. The Morgan fingerprint density at radius 1 is 1.09 bits per heavy atom. The number of rotatable bonds is 9. The van der Waals surface area contributed by atoms with E-state index in [1.165, 1.54) is 28.1 Å². The van der Waals surface area contributed by atoms with Crippen molar-refractivity contribution < 1.29 is 19.7 Å². The fraction of sp³-hybridized carbons (Fsp3) is 0.727. The molecule has 0 spiro atoms. The zero-order chi connectivity index (χ0) is 16.7. The molecule has 2 unspecified atom stereocenters. The first kappa shape index (κ1) is 18.3. The minimum absolute atomic E-state index is 0.0281. The molecule has 1 heterocycles. The highest BCUT2D eigenvalue weighted by molar-refractivity contribution is 5.44. The number of aliphatic hydroxyl groups excluding tert-OH is 2. The van der Waals surface area contributed by atoms with E-state index in [0.29, 0.717) is 0 Å². The van der Waals surface area contributed by atoms with Gasteiger partial charge in [0, 0.05) is 14.2 Å². The minimum atomic E-state index is -1.01. The van der Waals surface area contributed by atoms with Crippen LogP contribution in [0.5, 0.6) is 0 Å². The second-order valence-corrected chi connectivity index (χ2v) is 4.49. The number of ether oxygens (including phenoxy) is 2. The fourth-order valence-electron chi connectivity index (χ4n) is 1.49. The number of nitrogens with one attached hydrogen (secondary N) is 1. The Hall–Kier alpha value is -1.79.